The first-order chi connectivity index (χ1) is 13.9. The Morgan fingerprint density at radius 3 is 2.41 bits per heavy atom. The van der Waals surface area contributed by atoms with Gasteiger partial charge in [0.25, 0.3) is 0 Å². The Labute approximate surface area is 173 Å². The SMILES string of the molecule is CC(=O)N(CCC(=O)Nc1ccc(N2CCC(C)CC2)cc1)c1cccc(C)c1. The average Bonchev–Trinajstić information content (AvgIpc) is 2.69. The molecule has 2 amide bonds. The number of aryl methyl sites for hydroxylation is 1. The fourth-order valence-corrected chi connectivity index (χ4v) is 3.72. The summed E-state index contributed by atoms with van der Waals surface area (Å²) >= 11 is 0. The van der Waals surface area contributed by atoms with Crippen molar-refractivity contribution in [2.24, 2.45) is 5.92 Å². The monoisotopic (exact) mass is 393 g/mol. The van der Waals surface area contributed by atoms with Gasteiger partial charge >= 0.3 is 0 Å². The molecule has 0 aromatic heterocycles. The lowest BCUT2D eigenvalue weighted by Crippen LogP contribution is -2.32. The number of nitrogens with one attached hydrogen (secondary N) is 1. The predicted molar refractivity (Wildman–Crippen MR) is 120 cm³/mol. The lowest BCUT2D eigenvalue weighted by Gasteiger charge is -2.32. The number of rotatable bonds is 6. The largest absolute Gasteiger partial charge is 0.372 e. The summed E-state index contributed by atoms with van der Waals surface area (Å²) in [5.74, 6) is 0.645. The minimum absolute atomic E-state index is 0.0661. The predicted octanol–water partition coefficient (Wildman–Crippen LogP) is 4.61. The number of hydrogen-bond donors (Lipinski definition) is 1. The molecular weight excluding hydrogens is 362 g/mol. The van der Waals surface area contributed by atoms with E-state index in [1.165, 1.54) is 25.5 Å². The van der Waals surface area contributed by atoms with Crippen LogP contribution in [0.5, 0.6) is 0 Å². The van der Waals surface area contributed by atoms with Gasteiger partial charge in [-0.15, -0.1) is 0 Å². The quantitative estimate of drug-likeness (QED) is 0.779. The minimum Gasteiger partial charge on any atom is -0.372 e. The number of carbonyl (C=O) groups excluding carboxylic acids is 2. The topological polar surface area (TPSA) is 52.7 Å². The van der Waals surface area contributed by atoms with Crippen molar-refractivity contribution in [3.05, 3.63) is 54.1 Å². The normalized spacial score (nSPS) is 14.5. The number of amides is 2. The summed E-state index contributed by atoms with van der Waals surface area (Å²) in [5, 5.41) is 2.94. The molecule has 0 unspecified atom stereocenters. The smallest absolute Gasteiger partial charge is 0.226 e. The molecule has 1 saturated heterocycles. The number of piperidine rings is 1. The van der Waals surface area contributed by atoms with Crippen molar-refractivity contribution in [3.63, 3.8) is 0 Å². The highest BCUT2D eigenvalue weighted by Gasteiger charge is 2.16. The maximum Gasteiger partial charge on any atom is 0.226 e. The Bertz CT molecular complexity index is 839. The molecule has 3 rings (SSSR count). The van der Waals surface area contributed by atoms with E-state index in [4.69, 9.17) is 0 Å². The van der Waals surface area contributed by atoms with Crippen molar-refractivity contribution in [2.45, 2.75) is 40.0 Å². The van der Waals surface area contributed by atoms with Gasteiger partial charge in [0.05, 0.1) is 0 Å². The maximum atomic E-state index is 12.4. The van der Waals surface area contributed by atoms with Crippen LogP contribution in [0.25, 0.3) is 0 Å². The van der Waals surface area contributed by atoms with E-state index in [1.807, 2.05) is 43.3 Å². The van der Waals surface area contributed by atoms with Crippen LogP contribution in [-0.4, -0.2) is 31.4 Å². The van der Waals surface area contributed by atoms with E-state index in [1.54, 1.807) is 4.90 Å². The fraction of sp³-hybridized carbons (Fsp3) is 0.417. The van der Waals surface area contributed by atoms with Crippen LogP contribution in [-0.2, 0) is 9.59 Å². The van der Waals surface area contributed by atoms with Crippen molar-refractivity contribution in [1.29, 1.82) is 0 Å². The third kappa shape index (κ3) is 5.83. The minimum atomic E-state index is -0.0940. The van der Waals surface area contributed by atoms with Gasteiger partial charge in [0, 0.05) is 50.0 Å². The third-order valence-electron chi connectivity index (χ3n) is 5.56. The van der Waals surface area contributed by atoms with Crippen LogP contribution in [0.3, 0.4) is 0 Å². The van der Waals surface area contributed by atoms with Gasteiger partial charge < -0.3 is 15.1 Å². The molecule has 0 radical (unpaired) electrons. The summed E-state index contributed by atoms with van der Waals surface area (Å²) in [6, 6.07) is 15.8. The number of hydrogen-bond acceptors (Lipinski definition) is 3. The maximum absolute atomic E-state index is 12.4. The zero-order chi connectivity index (χ0) is 20.8. The van der Waals surface area contributed by atoms with E-state index in [-0.39, 0.29) is 18.2 Å². The van der Waals surface area contributed by atoms with Crippen LogP contribution in [0.2, 0.25) is 0 Å². The van der Waals surface area contributed by atoms with Crippen LogP contribution >= 0.6 is 0 Å². The Balaban J connectivity index is 1.54. The molecule has 2 aromatic carbocycles. The van der Waals surface area contributed by atoms with Gasteiger partial charge in [-0.05, 0) is 67.6 Å². The van der Waals surface area contributed by atoms with Crippen LogP contribution in [0.15, 0.2) is 48.5 Å². The van der Waals surface area contributed by atoms with E-state index in [9.17, 15) is 9.59 Å². The van der Waals surface area contributed by atoms with Crippen molar-refractivity contribution < 1.29 is 9.59 Å². The van der Waals surface area contributed by atoms with Gasteiger partial charge in [-0.1, -0.05) is 19.1 Å². The molecule has 1 aliphatic rings. The first-order valence-corrected chi connectivity index (χ1v) is 10.4. The molecule has 0 atom stereocenters. The summed E-state index contributed by atoms with van der Waals surface area (Å²) in [5.41, 5.74) is 3.90. The number of anilines is 3. The lowest BCUT2D eigenvalue weighted by atomic mass is 9.99. The Hall–Kier alpha value is -2.82. The first-order valence-electron chi connectivity index (χ1n) is 10.4. The summed E-state index contributed by atoms with van der Waals surface area (Å²) in [6.07, 6.45) is 2.71. The van der Waals surface area contributed by atoms with Crippen LogP contribution < -0.4 is 15.1 Å². The second-order valence-electron chi connectivity index (χ2n) is 8.02. The Kier molecular flexibility index (Phi) is 6.91. The molecule has 2 aromatic rings. The molecule has 0 saturated carbocycles. The Morgan fingerprint density at radius 2 is 1.79 bits per heavy atom. The molecular formula is C24H31N3O2. The van der Waals surface area contributed by atoms with Crippen LogP contribution in [0.4, 0.5) is 17.1 Å². The molecule has 0 aliphatic carbocycles. The molecule has 1 N–H and O–H groups in total. The van der Waals surface area contributed by atoms with Crippen molar-refractivity contribution in [3.8, 4) is 0 Å². The molecule has 1 fully saturated rings. The zero-order valence-corrected chi connectivity index (χ0v) is 17.6. The van der Waals surface area contributed by atoms with Crippen LogP contribution in [0, 0.1) is 12.8 Å². The highest BCUT2D eigenvalue weighted by Crippen LogP contribution is 2.24. The second-order valence-corrected chi connectivity index (χ2v) is 8.02. The second kappa shape index (κ2) is 9.59. The summed E-state index contributed by atoms with van der Waals surface area (Å²) in [7, 11) is 0. The highest BCUT2D eigenvalue weighted by molar-refractivity contribution is 5.94. The van der Waals surface area contributed by atoms with Crippen molar-refractivity contribution >= 4 is 28.9 Å². The first kappa shape index (κ1) is 20.9. The van der Waals surface area contributed by atoms with E-state index < -0.39 is 0 Å². The van der Waals surface area contributed by atoms with Gasteiger partial charge in [-0.3, -0.25) is 9.59 Å². The fourth-order valence-electron chi connectivity index (χ4n) is 3.72. The molecule has 0 bridgehead atoms. The van der Waals surface area contributed by atoms with Crippen molar-refractivity contribution in [2.75, 3.05) is 34.8 Å². The average molecular weight is 394 g/mol. The third-order valence-corrected chi connectivity index (χ3v) is 5.56. The van der Waals surface area contributed by atoms with Crippen LogP contribution in [0.1, 0.15) is 38.7 Å². The Morgan fingerprint density at radius 1 is 1.10 bits per heavy atom. The van der Waals surface area contributed by atoms with Gasteiger partial charge in [0.2, 0.25) is 11.8 Å². The molecule has 29 heavy (non-hydrogen) atoms. The number of carbonyl (C=O) groups is 2. The molecule has 0 spiro atoms. The summed E-state index contributed by atoms with van der Waals surface area (Å²) in [6.45, 7) is 8.36. The molecule has 154 valence electrons. The lowest BCUT2D eigenvalue weighted by molar-refractivity contribution is -0.117. The summed E-state index contributed by atoms with van der Waals surface area (Å²) < 4.78 is 0. The van der Waals surface area contributed by atoms with Gasteiger partial charge in [0.15, 0.2) is 0 Å². The van der Waals surface area contributed by atoms with Crippen molar-refractivity contribution in [1.82, 2.24) is 0 Å². The van der Waals surface area contributed by atoms with E-state index in [0.29, 0.717) is 6.54 Å². The van der Waals surface area contributed by atoms with Gasteiger partial charge in [-0.2, -0.15) is 0 Å². The molecule has 1 heterocycles. The molecule has 5 nitrogen and oxygen atoms in total. The molecule has 5 heteroatoms. The summed E-state index contributed by atoms with van der Waals surface area (Å²) in [4.78, 5) is 28.5. The molecule has 1 aliphatic heterocycles. The standard InChI is InChI=1S/C24H31N3O2/c1-18-11-14-26(15-12-18)22-9-7-21(8-10-22)25-24(29)13-16-27(20(3)28)23-6-4-5-19(2)17-23/h4-10,17-18H,11-16H2,1-3H3,(H,25,29). The van der Waals surface area contributed by atoms with E-state index in [2.05, 4.69) is 29.3 Å². The highest BCUT2D eigenvalue weighted by atomic mass is 16.2. The van der Waals surface area contributed by atoms with E-state index in [0.717, 1.165) is 35.9 Å². The van der Waals surface area contributed by atoms with Gasteiger partial charge in [0.1, 0.15) is 0 Å². The number of benzene rings is 2. The zero-order valence-electron chi connectivity index (χ0n) is 17.6. The van der Waals surface area contributed by atoms with Gasteiger partial charge in [-0.25, -0.2) is 0 Å². The van der Waals surface area contributed by atoms with E-state index >= 15 is 0 Å². The number of nitrogens with zero attached hydrogens (tertiary/aromatic N) is 2.